The average molecular weight is 304 g/mol. The summed E-state index contributed by atoms with van der Waals surface area (Å²) in [5.41, 5.74) is 5.94. The van der Waals surface area contributed by atoms with Gasteiger partial charge in [0, 0.05) is 24.8 Å². The van der Waals surface area contributed by atoms with Gasteiger partial charge in [0.1, 0.15) is 6.04 Å². The summed E-state index contributed by atoms with van der Waals surface area (Å²) >= 11 is 0. The van der Waals surface area contributed by atoms with Gasteiger partial charge in [-0.3, -0.25) is 14.3 Å². The molecule has 0 radical (unpaired) electrons. The van der Waals surface area contributed by atoms with E-state index in [1.807, 2.05) is 13.8 Å². The molecule has 1 heterocycles. The number of aryl methyl sites for hydroxylation is 1. The Morgan fingerprint density at radius 1 is 1.50 bits per heavy atom. The molecule has 0 aliphatic rings. The van der Waals surface area contributed by atoms with E-state index in [1.165, 1.54) is 4.90 Å². The quantitative estimate of drug-likeness (QED) is 0.763. The highest BCUT2D eigenvalue weighted by molar-refractivity contribution is 5.87. The number of rotatable bonds is 6. The number of aromatic nitrogens is 2. The van der Waals surface area contributed by atoms with Gasteiger partial charge in [-0.2, -0.15) is 5.10 Å². The monoisotopic (exact) mass is 303 g/mol. The summed E-state index contributed by atoms with van der Waals surface area (Å²) in [4.78, 5) is 25.0. The van der Waals surface area contributed by atoms with Gasteiger partial charge in [0.15, 0.2) is 0 Å². The van der Waals surface area contributed by atoms with Crippen molar-refractivity contribution in [1.82, 2.24) is 20.0 Å². The van der Waals surface area contributed by atoms with Crippen LogP contribution in [-0.2, 0) is 16.6 Å². The van der Waals surface area contributed by atoms with Crippen LogP contribution in [0.1, 0.15) is 25.5 Å². The zero-order chi connectivity index (χ0) is 14.6. The van der Waals surface area contributed by atoms with Gasteiger partial charge in [0.25, 0.3) is 0 Å². The number of hydrogen-bond acceptors (Lipinski definition) is 4. The standard InChI is InChI=1S/C12H21N5O2.ClH/c1-8(2)17(7-10(13)18)12(19)11(14-3)9-5-15-16(4)6-9;/h5-6,8,11,14H,7H2,1-4H3,(H2,13,18);1H. The summed E-state index contributed by atoms with van der Waals surface area (Å²) in [6.45, 7) is 3.60. The Balaban J connectivity index is 0.00000361. The van der Waals surface area contributed by atoms with Gasteiger partial charge in [0.2, 0.25) is 11.8 Å². The molecule has 0 spiro atoms. The molecular formula is C12H22ClN5O2. The highest BCUT2D eigenvalue weighted by Crippen LogP contribution is 2.16. The van der Waals surface area contributed by atoms with E-state index < -0.39 is 11.9 Å². The molecule has 1 aromatic rings. The smallest absolute Gasteiger partial charge is 0.245 e. The molecule has 3 N–H and O–H groups in total. The summed E-state index contributed by atoms with van der Waals surface area (Å²) in [6.07, 6.45) is 3.39. The third kappa shape index (κ3) is 4.50. The highest BCUT2D eigenvalue weighted by atomic mass is 35.5. The van der Waals surface area contributed by atoms with Crippen LogP contribution in [0, 0.1) is 0 Å². The lowest BCUT2D eigenvalue weighted by atomic mass is 10.1. The SMILES string of the molecule is CNC(C(=O)N(CC(N)=O)C(C)C)c1cnn(C)c1.Cl. The first kappa shape index (κ1) is 18.4. The normalized spacial score (nSPS) is 11.8. The van der Waals surface area contributed by atoms with Crippen LogP contribution in [-0.4, -0.2) is 46.1 Å². The topological polar surface area (TPSA) is 93.2 Å². The van der Waals surface area contributed by atoms with E-state index in [1.54, 1.807) is 31.2 Å². The number of nitrogens with two attached hydrogens (primary N) is 1. The predicted molar refractivity (Wildman–Crippen MR) is 78.3 cm³/mol. The molecule has 8 heteroatoms. The molecule has 0 aliphatic carbocycles. The number of likely N-dealkylation sites (N-methyl/N-ethyl adjacent to an activating group) is 1. The first-order valence-corrected chi connectivity index (χ1v) is 6.11. The molecule has 1 rings (SSSR count). The Hall–Kier alpha value is -1.60. The molecule has 0 aliphatic heterocycles. The molecule has 1 atom stereocenters. The number of primary amides is 1. The lowest BCUT2D eigenvalue weighted by molar-refractivity contribution is -0.138. The molecule has 0 fully saturated rings. The van der Waals surface area contributed by atoms with Crippen molar-refractivity contribution in [3.8, 4) is 0 Å². The highest BCUT2D eigenvalue weighted by Gasteiger charge is 2.28. The van der Waals surface area contributed by atoms with Crippen molar-refractivity contribution < 1.29 is 9.59 Å². The molecule has 7 nitrogen and oxygen atoms in total. The van der Waals surface area contributed by atoms with Crippen LogP contribution in [0.15, 0.2) is 12.4 Å². The van der Waals surface area contributed by atoms with E-state index in [9.17, 15) is 9.59 Å². The maximum absolute atomic E-state index is 12.5. The van der Waals surface area contributed by atoms with Crippen molar-refractivity contribution in [3.05, 3.63) is 18.0 Å². The molecule has 2 amide bonds. The number of amides is 2. The van der Waals surface area contributed by atoms with Crippen LogP contribution in [0.25, 0.3) is 0 Å². The summed E-state index contributed by atoms with van der Waals surface area (Å²) in [5.74, 6) is -0.715. The number of carbonyl (C=O) groups is 2. The first-order chi connectivity index (χ1) is 8.86. The fourth-order valence-electron chi connectivity index (χ4n) is 1.87. The van der Waals surface area contributed by atoms with Crippen molar-refractivity contribution in [2.75, 3.05) is 13.6 Å². The molecule has 114 valence electrons. The zero-order valence-corrected chi connectivity index (χ0v) is 13.0. The first-order valence-electron chi connectivity index (χ1n) is 6.11. The van der Waals surface area contributed by atoms with Crippen molar-refractivity contribution in [2.45, 2.75) is 25.9 Å². The molecule has 20 heavy (non-hydrogen) atoms. The fraction of sp³-hybridized carbons (Fsp3) is 0.583. The molecule has 1 unspecified atom stereocenters. The zero-order valence-electron chi connectivity index (χ0n) is 12.2. The lowest BCUT2D eigenvalue weighted by Crippen LogP contribution is -2.47. The largest absolute Gasteiger partial charge is 0.368 e. The van der Waals surface area contributed by atoms with Gasteiger partial charge in [-0.1, -0.05) is 0 Å². The predicted octanol–water partition coefficient (Wildman–Crippen LogP) is -0.175. The van der Waals surface area contributed by atoms with Gasteiger partial charge in [-0.15, -0.1) is 12.4 Å². The second-order valence-electron chi connectivity index (χ2n) is 4.70. The molecule has 0 bridgehead atoms. The second kappa shape index (κ2) is 7.86. The number of hydrogen-bond donors (Lipinski definition) is 2. The van der Waals surface area contributed by atoms with E-state index in [-0.39, 0.29) is 30.9 Å². The molecule has 0 aromatic carbocycles. The van der Waals surface area contributed by atoms with Crippen LogP contribution >= 0.6 is 12.4 Å². The van der Waals surface area contributed by atoms with Crippen LogP contribution in [0.3, 0.4) is 0 Å². The van der Waals surface area contributed by atoms with Gasteiger partial charge in [0.05, 0.1) is 12.7 Å². The van der Waals surface area contributed by atoms with Crippen molar-refractivity contribution in [1.29, 1.82) is 0 Å². The number of halogens is 1. The maximum Gasteiger partial charge on any atom is 0.245 e. The minimum absolute atomic E-state index is 0. The fourth-order valence-corrected chi connectivity index (χ4v) is 1.87. The van der Waals surface area contributed by atoms with E-state index in [2.05, 4.69) is 10.4 Å². The summed E-state index contributed by atoms with van der Waals surface area (Å²) < 4.78 is 1.63. The van der Waals surface area contributed by atoms with E-state index in [0.717, 1.165) is 5.56 Å². The summed E-state index contributed by atoms with van der Waals surface area (Å²) in [5, 5.41) is 6.99. The number of nitrogens with zero attached hydrogens (tertiary/aromatic N) is 3. The van der Waals surface area contributed by atoms with Crippen molar-refractivity contribution in [3.63, 3.8) is 0 Å². The van der Waals surface area contributed by atoms with Crippen molar-refractivity contribution >= 4 is 24.2 Å². The Labute approximate surface area is 124 Å². The van der Waals surface area contributed by atoms with Crippen LogP contribution in [0.2, 0.25) is 0 Å². The second-order valence-corrected chi connectivity index (χ2v) is 4.70. The van der Waals surface area contributed by atoms with Crippen LogP contribution in [0.4, 0.5) is 0 Å². The Kier molecular flexibility index (Phi) is 7.23. The minimum Gasteiger partial charge on any atom is -0.368 e. The average Bonchev–Trinajstić information content (AvgIpc) is 2.73. The Morgan fingerprint density at radius 2 is 2.10 bits per heavy atom. The number of carbonyl (C=O) groups excluding carboxylic acids is 2. The Morgan fingerprint density at radius 3 is 2.45 bits per heavy atom. The Bertz CT molecular complexity index is 460. The minimum atomic E-state index is -0.532. The van der Waals surface area contributed by atoms with Gasteiger partial charge >= 0.3 is 0 Å². The third-order valence-electron chi connectivity index (χ3n) is 2.83. The summed E-state index contributed by atoms with van der Waals surface area (Å²) in [6, 6.07) is -0.636. The maximum atomic E-state index is 12.5. The molecule has 0 saturated carbocycles. The number of nitrogens with one attached hydrogen (secondary N) is 1. The van der Waals surface area contributed by atoms with Crippen LogP contribution < -0.4 is 11.1 Å². The van der Waals surface area contributed by atoms with Gasteiger partial charge in [-0.05, 0) is 20.9 Å². The third-order valence-corrected chi connectivity index (χ3v) is 2.83. The van der Waals surface area contributed by atoms with Crippen LogP contribution in [0.5, 0.6) is 0 Å². The molecule has 0 saturated heterocycles. The molecule has 1 aromatic heterocycles. The van der Waals surface area contributed by atoms with E-state index >= 15 is 0 Å². The molecular weight excluding hydrogens is 282 g/mol. The lowest BCUT2D eigenvalue weighted by Gasteiger charge is -2.29. The van der Waals surface area contributed by atoms with Crippen molar-refractivity contribution in [2.24, 2.45) is 12.8 Å². The van der Waals surface area contributed by atoms with E-state index in [4.69, 9.17) is 5.73 Å². The summed E-state index contributed by atoms with van der Waals surface area (Å²) in [7, 11) is 3.47. The van der Waals surface area contributed by atoms with Gasteiger partial charge in [-0.25, -0.2) is 0 Å². The van der Waals surface area contributed by atoms with E-state index in [0.29, 0.717) is 0 Å². The van der Waals surface area contributed by atoms with Gasteiger partial charge < -0.3 is 16.0 Å².